The first-order valence-corrected chi connectivity index (χ1v) is 10.4. The van der Waals surface area contributed by atoms with Crippen molar-refractivity contribution in [3.8, 4) is 0 Å². The number of nitrogens with zero attached hydrogens (tertiary/aromatic N) is 1. The van der Waals surface area contributed by atoms with Crippen LogP contribution in [0.3, 0.4) is 0 Å². The minimum absolute atomic E-state index is 0.199. The Morgan fingerprint density at radius 3 is 2.45 bits per heavy atom. The van der Waals surface area contributed by atoms with Gasteiger partial charge in [0.1, 0.15) is 5.58 Å². The number of nitrogens with one attached hydrogen (secondary N) is 1. The summed E-state index contributed by atoms with van der Waals surface area (Å²) < 4.78 is 5.08. The Bertz CT molecular complexity index is 1290. The molecule has 1 N–H and O–H groups in total. The molecule has 0 atom stereocenters. The molecule has 2 aromatic carbocycles. The van der Waals surface area contributed by atoms with Crippen molar-refractivity contribution in [3.05, 3.63) is 81.0 Å². The number of anilines is 1. The number of carbonyl (C=O) groups excluding carboxylic acids is 3. The predicted octanol–water partition coefficient (Wildman–Crippen LogP) is 4.49. The summed E-state index contributed by atoms with van der Waals surface area (Å²) in [7, 11) is 0. The number of amides is 3. The van der Waals surface area contributed by atoms with Crippen molar-refractivity contribution in [1.29, 1.82) is 0 Å². The van der Waals surface area contributed by atoms with E-state index in [9.17, 15) is 19.2 Å². The first-order chi connectivity index (χ1) is 14.8. The summed E-state index contributed by atoms with van der Waals surface area (Å²) in [6.07, 6.45) is 1.64. The van der Waals surface area contributed by atoms with Gasteiger partial charge in [-0.05, 0) is 73.6 Å². The second-order valence-electron chi connectivity index (χ2n) is 7.23. The third-order valence-electron chi connectivity index (χ3n) is 4.69. The van der Waals surface area contributed by atoms with Crippen molar-refractivity contribution < 1.29 is 18.8 Å². The Morgan fingerprint density at radius 1 is 1.03 bits per heavy atom. The van der Waals surface area contributed by atoms with Gasteiger partial charge in [-0.15, -0.1) is 0 Å². The maximum absolute atomic E-state index is 12.6. The van der Waals surface area contributed by atoms with E-state index in [4.69, 9.17) is 4.42 Å². The fourth-order valence-corrected chi connectivity index (χ4v) is 4.12. The second kappa shape index (κ2) is 8.23. The summed E-state index contributed by atoms with van der Waals surface area (Å²) in [5.74, 6) is -0.609. The van der Waals surface area contributed by atoms with Gasteiger partial charge >= 0.3 is 5.63 Å². The molecule has 0 bridgehead atoms. The van der Waals surface area contributed by atoms with E-state index >= 15 is 0 Å². The zero-order valence-electron chi connectivity index (χ0n) is 16.7. The van der Waals surface area contributed by atoms with Crippen molar-refractivity contribution >= 4 is 51.5 Å². The molecule has 3 amide bonds. The van der Waals surface area contributed by atoms with Crippen LogP contribution >= 0.6 is 11.8 Å². The largest absolute Gasteiger partial charge is 0.423 e. The third-order valence-corrected chi connectivity index (χ3v) is 5.57. The number of thioether (sulfide) groups is 1. The van der Waals surface area contributed by atoms with Crippen molar-refractivity contribution in [2.24, 2.45) is 0 Å². The summed E-state index contributed by atoms with van der Waals surface area (Å²) in [6, 6.07) is 14.5. The molecule has 1 saturated heterocycles. The van der Waals surface area contributed by atoms with Crippen LogP contribution in [0.25, 0.3) is 17.0 Å². The van der Waals surface area contributed by atoms with E-state index in [0.29, 0.717) is 32.7 Å². The number of fused-ring (bicyclic) bond motifs is 1. The molecule has 0 unspecified atom stereocenters. The molecule has 0 saturated carbocycles. The van der Waals surface area contributed by atoms with Gasteiger partial charge in [-0.3, -0.25) is 19.3 Å². The van der Waals surface area contributed by atoms with Crippen LogP contribution in [0.5, 0.6) is 0 Å². The molecule has 7 nitrogen and oxygen atoms in total. The van der Waals surface area contributed by atoms with Crippen LogP contribution in [0.2, 0.25) is 0 Å². The Kier molecular flexibility index (Phi) is 5.48. The van der Waals surface area contributed by atoms with E-state index in [1.54, 1.807) is 68.5 Å². The van der Waals surface area contributed by atoms with Crippen molar-refractivity contribution in [2.45, 2.75) is 19.9 Å². The Balaban J connectivity index is 1.49. The smallest absolute Gasteiger partial charge is 0.336 e. The molecule has 31 heavy (non-hydrogen) atoms. The van der Waals surface area contributed by atoms with Crippen molar-refractivity contribution in [3.63, 3.8) is 0 Å². The Labute approximate surface area is 181 Å². The monoisotopic (exact) mass is 434 g/mol. The molecular formula is C23H18N2O5S. The quantitative estimate of drug-likeness (QED) is 0.480. The predicted molar refractivity (Wildman–Crippen MR) is 120 cm³/mol. The van der Waals surface area contributed by atoms with Crippen molar-refractivity contribution in [2.75, 3.05) is 5.32 Å². The molecule has 3 aromatic rings. The summed E-state index contributed by atoms with van der Waals surface area (Å²) in [5, 5.41) is 3.22. The van der Waals surface area contributed by atoms with Crippen LogP contribution in [0.1, 0.15) is 29.8 Å². The molecule has 2 heterocycles. The molecule has 0 aliphatic carbocycles. The first kappa shape index (κ1) is 20.6. The van der Waals surface area contributed by atoms with Gasteiger partial charge in [0.15, 0.2) is 0 Å². The molecule has 8 heteroatoms. The lowest BCUT2D eigenvalue weighted by Gasteiger charge is -2.16. The number of hydrogen-bond donors (Lipinski definition) is 1. The average molecular weight is 434 g/mol. The van der Waals surface area contributed by atoms with Crippen LogP contribution in [-0.4, -0.2) is 28.0 Å². The molecule has 1 aliphatic heterocycles. The highest BCUT2D eigenvalue weighted by Crippen LogP contribution is 2.33. The molecule has 1 aliphatic rings. The maximum Gasteiger partial charge on any atom is 0.336 e. The lowest BCUT2D eigenvalue weighted by Crippen LogP contribution is -2.34. The lowest BCUT2D eigenvalue weighted by atomic mass is 10.1. The topological polar surface area (TPSA) is 96.7 Å². The summed E-state index contributed by atoms with van der Waals surface area (Å²) in [5.41, 5.74) is 1.73. The van der Waals surface area contributed by atoms with E-state index in [1.165, 1.54) is 11.0 Å². The van der Waals surface area contributed by atoms with Gasteiger partial charge in [-0.25, -0.2) is 4.79 Å². The van der Waals surface area contributed by atoms with Crippen molar-refractivity contribution in [1.82, 2.24) is 4.90 Å². The summed E-state index contributed by atoms with van der Waals surface area (Å²) in [6.45, 7) is 3.58. The minimum Gasteiger partial charge on any atom is -0.423 e. The van der Waals surface area contributed by atoms with Gasteiger partial charge in [-0.2, -0.15) is 0 Å². The normalized spacial score (nSPS) is 15.3. The zero-order chi connectivity index (χ0) is 22.1. The molecule has 0 radical (unpaired) electrons. The second-order valence-corrected chi connectivity index (χ2v) is 8.22. The Morgan fingerprint density at radius 2 is 1.77 bits per heavy atom. The molecule has 0 spiro atoms. The fourth-order valence-electron chi connectivity index (χ4n) is 3.16. The highest BCUT2D eigenvalue weighted by Gasteiger charge is 2.36. The molecule has 156 valence electrons. The van der Waals surface area contributed by atoms with Gasteiger partial charge in [0, 0.05) is 28.7 Å². The van der Waals surface area contributed by atoms with E-state index < -0.39 is 5.63 Å². The van der Waals surface area contributed by atoms with Gasteiger partial charge in [0.05, 0.1) is 4.91 Å². The number of benzene rings is 2. The van der Waals surface area contributed by atoms with Gasteiger partial charge < -0.3 is 9.73 Å². The Hall–Kier alpha value is -3.65. The number of imide groups is 1. The van der Waals surface area contributed by atoms with Crippen LogP contribution in [0, 0.1) is 0 Å². The number of hydrogen-bond acceptors (Lipinski definition) is 6. The van der Waals surface area contributed by atoms with Crippen LogP contribution in [0.4, 0.5) is 10.5 Å². The molecular weight excluding hydrogens is 416 g/mol. The van der Waals surface area contributed by atoms with Crippen LogP contribution in [0.15, 0.2) is 68.7 Å². The minimum atomic E-state index is -0.432. The molecule has 1 fully saturated rings. The van der Waals surface area contributed by atoms with Crippen LogP contribution < -0.4 is 10.9 Å². The average Bonchev–Trinajstić information content (AvgIpc) is 3.01. The fraction of sp³-hybridized carbons (Fsp3) is 0.130. The van der Waals surface area contributed by atoms with E-state index in [1.807, 2.05) is 0 Å². The van der Waals surface area contributed by atoms with Gasteiger partial charge in [0.2, 0.25) is 0 Å². The van der Waals surface area contributed by atoms with Crippen LogP contribution in [-0.2, 0) is 4.79 Å². The first-order valence-electron chi connectivity index (χ1n) is 9.54. The van der Waals surface area contributed by atoms with Gasteiger partial charge in [0.25, 0.3) is 17.1 Å². The highest BCUT2D eigenvalue weighted by atomic mass is 32.2. The van der Waals surface area contributed by atoms with Gasteiger partial charge in [-0.1, -0.05) is 12.1 Å². The standard InChI is InChI=1S/C23H18N2O5S/c1-13(2)25-22(28)19(31-23(25)29)11-14-3-5-15(6-4-14)21(27)24-17-8-9-18-16(12-17)7-10-20(26)30-18/h3-13H,1-2H3,(H,24,27). The maximum atomic E-state index is 12.6. The summed E-state index contributed by atoms with van der Waals surface area (Å²) >= 11 is 0.911. The van der Waals surface area contributed by atoms with E-state index in [2.05, 4.69) is 5.32 Å². The SMILES string of the molecule is CC(C)N1C(=O)SC(=Cc2ccc(C(=O)Nc3ccc4oc(=O)ccc4c3)cc2)C1=O. The number of rotatable bonds is 4. The van der Waals surface area contributed by atoms with E-state index in [-0.39, 0.29) is 23.1 Å². The number of carbonyl (C=O) groups is 3. The zero-order valence-corrected chi connectivity index (χ0v) is 17.6. The molecule has 4 rings (SSSR count). The summed E-state index contributed by atoms with van der Waals surface area (Å²) in [4.78, 5) is 49.8. The highest BCUT2D eigenvalue weighted by molar-refractivity contribution is 8.18. The van der Waals surface area contributed by atoms with E-state index in [0.717, 1.165) is 11.8 Å². The lowest BCUT2D eigenvalue weighted by molar-refractivity contribution is -0.123. The third kappa shape index (κ3) is 4.29. The molecule has 1 aromatic heterocycles.